The zero-order valence-corrected chi connectivity index (χ0v) is 13.5. The van der Waals surface area contributed by atoms with E-state index in [4.69, 9.17) is 4.74 Å². The summed E-state index contributed by atoms with van der Waals surface area (Å²) in [5, 5.41) is 0.381. The van der Waals surface area contributed by atoms with E-state index in [0.29, 0.717) is 17.4 Å². The summed E-state index contributed by atoms with van der Waals surface area (Å²) >= 11 is 0. The standard InChI is InChI=1S/C18H17N3O3/c1-12(2)24-18(23)13-9-15-16(20-10-13)6-8-21(17(15)22)11-14-5-3-4-7-19-14/h3-10,12H,11H2,1-2H3. The van der Waals surface area contributed by atoms with Crippen LogP contribution in [0.3, 0.4) is 0 Å². The Morgan fingerprint density at radius 1 is 1.25 bits per heavy atom. The van der Waals surface area contributed by atoms with Crippen molar-refractivity contribution < 1.29 is 9.53 Å². The second-order valence-electron chi connectivity index (χ2n) is 5.68. The van der Waals surface area contributed by atoms with Gasteiger partial charge in [0.2, 0.25) is 0 Å². The smallest absolute Gasteiger partial charge is 0.339 e. The number of aromatic nitrogens is 3. The zero-order valence-electron chi connectivity index (χ0n) is 13.5. The van der Waals surface area contributed by atoms with E-state index in [1.165, 1.54) is 12.3 Å². The van der Waals surface area contributed by atoms with E-state index in [9.17, 15) is 9.59 Å². The molecule has 0 aromatic carbocycles. The largest absolute Gasteiger partial charge is 0.459 e. The lowest BCUT2D eigenvalue weighted by Gasteiger charge is -2.09. The van der Waals surface area contributed by atoms with Gasteiger partial charge in [-0.05, 0) is 38.1 Å². The van der Waals surface area contributed by atoms with E-state index in [1.807, 2.05) is 18.2 Å². The van der Waals surface area contributed by atoms with E-state index in [1.54, 1.807) is 36.9 Å². The summed E-state index contributed by atoms with van der Waals surface area (Å²) in [5.41, 5.74) is 1.37. The van der Waals surface area contributed by atoms with Gasteiger partial charge in [-0.2, -0.15) is 0 Å². The van der Waals surface area contributed by atoms with Crippen molar-refractivity contribution in [3.05, 3.63) is 70.5 Å². The maximum Gasteiger partial charge on any atom is 0.339 e. The Morgan fingerprint density at radius 3 is 2.79 bits per heavy atom. The van der Waals surface area contributed by atoms with Crippen LogP contribution in [0.2, 0.25) is 0 Å². The van der Waals surface area contributed by atoms with Gasteiger partial charge in [0.15, 0.2) is 0 Å². The lowest BCUT2D eigenvalue weighted by atomic mass is 10.2. The van der Waals surface area contributed by atoms with E-state index < -0.39 is 5.97 Å². The summed E-state index contributed by atoms with van der Waals surface area (Å²) in [4.78, 5) is 33.1. The number of rotatable bonds is 4. The maximum atomic E-state index is 12.7. The van der Waals surface area contributed by atoms with Gasteiger partial charge < -0.3 is 9.30 Å². The minimum Gasteiger partial charge on any atom is -0.459 e. The number of esters is 1. The predicted octanol–water partition coefficient (Wildman–Crippen LogP) is 2.41. The fourth-order valence-corrected chi connectivity index (χ4v) is 2.35. The van der Waals surface area contributed by atoms with Gasteiger partial charge in [-0.3, -0.25) is 14.8 Å². The van der Waals surface area contributed by atoms with Gasteiger partial charge in [-0.15, -0.1) is 0 Å². The molecule has 6 nitrogen and oxygen atoms in total. The number of carbonyl (C=O) groups is 1. The van der Waals surface area contributed by atoms with E-state index in [0.717, 1.165) is 5.69 Å². The molecular formula is C18H17N3O3. The molecule has 6 heteroatoms. The van der Waals surface area contributed by atoms with Crippen molar-refractivity contribution in [3.8, 4) is 0 Å². The lowest BCUT2D eigenvalue weighted by Crippen LogP contribution is -2.21. The summed E-state index contributed by atoms with van der Waals surface area (Å²) < 4.78 is 6.70. The summed E-state index contributed by atoms with van der Waals surface area (Å²) in [6, 6.07) is 8.83. The molecule has 3 aromatic rings. The first-order valence-corrected chi connectivity index (χ1v) is 7.64. The molecule has 0 unspecified atom stereocenters. The summed E-state index contributed by atoms with van der Waals surface area (Å²) in [6.45, 7) is 3.90. The second kappa shape index (κ2) is 6.62. The third-order valence-corrected chi connectivity index (χ3v) is 3.46. The summed E-state index contributed by atoms with van der Waals surface area (Å²) in [7, 11) is 0. The molecule has 0 spiro atoms. The van der Waals surface area contributed by atoms with Gasteiger partial charge in [0.1, 0.15) is 0 Å². The van der Waals surface area contributed by atoms with Crippen LogP contribution in [0.15, 0.2) is 53.7 Å². The predicted molar refractivity (Wildman–Crippen MR) is 89.9 cm³/mol. The molecule has 0 amide bonds. The molecule has 0 aliphatic carbocycles. The summed E-state index contributed by atoms with van der Waals surface area (Å²) in [6.07, 6.45) is 4.56. The highest BCUT2D eigenvalue weighted by Gasteiger charge is 2.13. The SMILES string of the molecule is CC(C)OC(=O)c1cnc2ccn(Cc3ccccn3)c(=O)c2c1. The highest BCUT2D eigenvalue weighted by Crippen LogP contribution is 2.11. The fourth-order valence-electron chi connectivity index (χ4n) is 2.35. The molecule has 3 heterocycles. The molecule has 3 aromatic heterocycles. The minimum atomic E-state index is -0.487. The first-order valence-electron chi connectivity index (χ1n) is 7.64. The molecule has 0 aliphatic heterocycles. The topological polar surface area (TPSA) is 74.1 Å². The summed E-state index contributed by atoms with van der Waals surface area (Å²) in [5.74, 6) is -0.487. The van der Waals surface area contributed by atoms with Crippen molar-refractivity contribution in [3.63, 3.8) is 0 Å². The molecule has 0 atom stereocenters. The second-order valence-corrected chi connectivity index (χ2v) is 5.68. The molecule has 0 radical (unpaired) electrons. The van der Waals surface area contributed by atoms with E-state index in [2.05, 4.69) is 9.97 Å². The van der Waals surface area contributed by atoms with Crippen molar-refractivity contribution in [2.45, 2.75) is 26.5 Å². The number of carbonyl (C=O) groups excluding carboxylic acids is 1. The normalized spacial score (nSPS) is 11.0. The average Bonchev–Trinajstić information content (AvgIpc) is 2.57. The number of hydrogen-bond acceptors (Lipinski definition) is 5. The van der Waals surface area contributed by atoms with Crippen molar-refractivity contribution >= 4 is 16.9 Å². The van der Waals surface area contributed by atoms with E-state index in [-0.39, 0.29) is 17.2 Å². The molecule has 0 fully saturated rings. The Labute approximate surface area is 138 Å². The highest BCUT2D eigenvalue weighted by atomic mass is 16.5. The number of nitrogens with zero attached hydrogens (tertiary/aromatic N) is 3. The van der Waals surface area contributed by atoms with Crippen LogP contribution in [0.25, 0.3) is 10.9 Å². The van der Waals surface area contributed by atoms with Crippen LogP contribution in [0.1, 0.15) is 29.9 Å². The third kappa shape index (κ3) is 3.32. The Morgan fingerprint density at radius 2 is 2.08 bits per heavy atom. The Kier molecular flexibility index (Phi) is 4.37. The molecule has 0 N–H and O–H groups in total. The number of fused-ring (bicyclic) bond motifs is 1. The Hall–Kier alpha value is -3.02. The maximum absolute atomic E-state index is 12.7. The van der Waals surface area contributed by atoms with Gasteiger partial charge in [0.25, 0.3) is 5.56 Å². The number of ether oxygens (including phenoxy) is 1. The zero-order chi connectivity index (χ0) is 17.1. The molecule has 0 saturated carbocycles. The molecule has 0 bridgehead atoms. The number of hydrogen-bond donors (Lipinski definition) is 0. The molecular weight excluding hydrogens is 306 g/mol. The van der Waals surface area contributed by atoms with Crippen LogP contribution in [-0.4, -0.2) is 26.6 Å². The van der Waals surface area contributed by atoms with Crippen molar-refractivity contribution in [1.82, 2.24) is 14.5 Å². The molecule has 3 rings (SSSR count). The molecule has 24 heavy (non-hydrogen) atoms. The van der Waals surface area contributed by atoms with Crippen LogP contribution < -0.4 is 5.56 Å². The number of pyridine rings is 3. The van der Waals surface area contributed by atoms with E-state index >= 15 is 0 Å². The fraction of sp³-hybridized carbons (Fsp3) is 0.222. The van der Waals surface area contributed by atoms with Gasteiger partial charge >= 0.3 is 5.97 Å². The minimum absolute atomic E-state index is 0.218. The van der Waals surface area contributed by atoms with Crippen molar-refractivity contribution in [2.24, 2.45) is 0 Å². The Bertz CT molecular complexity index is 933. The highest BCUT2D eigenvalue weighted by molar-refractivity contribution is 5.93. The van der Waals surface area contributed by atoms with Gasteiger partial charge in [-0.25, -0.2) is 4.79 Å². The average molecular weight is 323 g/mol. The first-order chi connectivity index (χ1) is 11.5. The van der Waals surface area contributed by atoms with Gasteiger partial charge in [0.05, 0.1) is 34.8 Å². The third-order valence-electron chi connectivity index (χ3n) is 3.46. The lowest BCUT2D eigenvalue weighted by molar-refractivity contribution is 0.0377. The van der Waals surface area contributed by atoms with Crippen LogP contribution in [-0.2, 0) is 11.3 Å². The Balaban J connectivity index is 2.00. The van der Waals surface area contributed by atoms with Crippen LogP contribution in [0, 0.1) is 0 Å². The van der Waals surface area contributed by atoms with Crippen LogP contribution in [0.5, 0.6) is 0 Å². The van der Waals surface area contributed by atoms with Gasteiger partial charge in [-0.1, -0.05) is 6.07 Å². The van der Waals surface area contributed by atoms with Gasteiger partial charge in [0, 0.05) is 18.6 Å². The van der Waals surface area contributed by atoms with Crippen LogP contribution in [0.4, 0.5) is 0 Å². The monoisotopic (exact) mass is 323 g/mol. The van der Waals surface area contributed by atoms with Crippen molar-refractivity contribution in [2.75, 3.05) is 0 Å². The van der Waals surface area contributed by atoms with Crippen molar-refractivity contribution in [1.29, 1.82) is 0 Å². The van der Waals surface area contributed by atoms with Crippen LogP contribution >= 0.6 is 0 Å². The molecule has 0 saturated heterocycles. The molecule has 0 aliphatic rings. The quantitative estimate of drug-likeness (QED) is 0.689. The first kappa shape index (κ1) is 15.9. The molecule has 122 valence electrons.